The number of likely N-dealkylation sites (tertiary alicyclic amines) is 1. The largest absolute Gasteiger partial charge is 0.392 e. The van der Waals surface area contributed by atoms with Gasteiger partial charge >= 0.3 is 0 Å². The molecule has 4 atom stereocenters. The van der Waals surface area contributed by atoms with Crippen molar-refractivity contribution in [3.8, 4) is 0 Å². The van der Waals surface area contributed by atoms with Crippen molar-refractivity contribution in [3.63, 3.8) is 0 Å². The number of hydrogen-bond donors (Lipinski definition) is 3. The summed E-state index contributed by atoms with van der Waals surface area (Å²) in [6, 6.07) is 15.6. The van der Waals surface area contributed by atoms with Crippen molar-refractivity contribution in [1.29, 1.82) is 0 Å². The van der Waals surface area contributed by atoms with E-state index >= 15 is 0 Å². The molecule has 3 aliphatic rings. The smallest absolute Gasteiger partial charge is 0.224 e. The fourth-order valence-electron chi connectivity index (χ4n) is 6.28. The summed E-state index contributed by atoms with van der Waals surface area (Å²) in [5, 5.41) is 15.4. The Hall–Kier alpha value is -2.86. The molecule has 10 heteroatoms. The van der Waals surface area contributed by atoms with Crippen molar-refractivity contribution in [2.45, 2.75) is 83.3 Å². The molecule has 3 heterocycles. The van der Waals surface area contributed by atoms with Crippen molar-refractivity contribution < 1.29 is 33.6 Å². The molecular formula is C34H47N3O7. The van der Waals surface area contributed by atoms with Gasteiger partial charge in [-0.3, -0.25) is 9.59 Å². The van der Waals surface area contributed by atoms with Crippen molar-refractivity contribution in [2.24, 2.45) is 5.92 Å². The molecule has 3 N–H and O–H groups in total. The lowest BCUT2D eigenvalue weighted by Gasteiger charge is -2.44. The Morgan fingerprint density at radius 2 is 1.73 bits per heavy atom. The fourth-order valence-corrected chi connectivity index (χ4v) is 6.28. The first-order valence-corrected chi connectivity index (χ1v) is 16.0. The van der Waals surface area contributed by atoms with Crippen LogP contribution < -0.4 is 10.6 Å². The highest BCUT2D eigenvalue weighted by molar-refractivity contribution is 5.90. The molecule has 240 valence electrons. The van der Waals surface area contributed by atoms with Gasteiger partial charge in [0.05, 0.1) is 32.0 Å². The van der Waals surface area contributed by atoms with Crippen LogP contribution in [0, 0.1) is 5.92 Å². The lowest BCUT2D eigenvalue weighted by Crippen LogP contribution is -2.50. The second kappa shape index (κ2) is 15.4. The number of nitrogens with zero attached hydrogens (tertiary/aromatic N) is 1. The van der Waals surface area contributed by atoms with Gasteiger partial charge in [-0.15, -0.1) is 0 Å². The van der Waals surface area contributed by atoms with Crippen molar-refractivity contribution >= 4 is 17.5 Å². The lowest BCUT2D eigenvalue weighted by molar-refractivity contribution is -0.278. The zero-order valence-corrected chi connectivity index (χ0v) is 26.0. The molecule has 0 saturated carbocycles. The van der Waals surface area contributed by atoms with Crippen LogP contribution in [0.15, 0.2) is 48.5 Å². The third kappa shape index (κ3) is 8.65. The molecule has 3 aliphatic heterocycles. The number of ether oxygens (including phenoxy) is 4. The maximum absolute atomic E-state index is 12.7. The monoisotopic (exact) mass is 609 g/mol. The number of benzene rings is 2. The van der Waals surface area contributed by atoms with E-state index in [1.165, 1.54) is 6.92 Å². The number of carbonyl (C=O) groups excluding carboxylic acids is 2. The maximum atomic E-state index is 12.7. The first-order chi connectivity index (χ1) is 21.3. The molecule has 5 rings (SSSR count). The first kappa shape index (κ1) is 32.5. The Kier molecular flexibility index (Phi) is 11.4. The minimum atomic E-state index is -0.609. The van der Waals surface area contributed by atoms with Crippen LogP contribution in [0.3, 0.4) is 0 Å². The average Bonchev–Trinajstić information content (AvgIpc) is 3.49. The second-order valence-corrected chi connectivity index (χ2v) is 12.2. The summed E-state index contributed by atoms with van der Waals surface area (Å²) in [6.07, 6.45) is 3.67. The van der Waals surface area contributed by atoms with Gasteiger partial charge in [0, 0.05) is 69.5 Å². The molecule has 1 spiro atoms. The number of amides is 2. The van der Waals surface area contributed by atoms with Crippen molar-refractivity contribution in [3.05, 3.63) is 65.2 Å². The van der Waals surface area contributed by atoms with E-state index < -0.39 is 12.1 Å². The van der Waals surface area contributed by atoms with Gasteiger partial charge in [0.1, 0.15) is 0 Å². The molecule has 2 aromatic carbocycles. The SMILES string of the molecule is CC(=O)NCCCCCC(=O)Nc1cccc([C@@H]2O[C@H](CN3CCC4(CC3)OCCO4)[C@H](C)[C@H](c3ccc(CO)cc3)O2)c1. The van der Waals surface area contributed by atoms with Gasteiger partial charge in [-0.2, -0.15) is 0 Å². The molecule has 0 aromatic heterocycles. The van der Waals surface area contributed by atoms with E-state index in [2.05, 4.69) is 22.5 Å². The number of anilines is 1. The maximum Gasteiger partial charge on any atom is 0.224 e. The van der Waals surface area contributed by atoms with E-state index in [-0.39, 0.29) is 36.5 Å². The summed E-state index contributed by atoms with van der Waals surface area (Å²) in [7, 11) is 0. The van der Waals surface area contributed by atoms with Crippen LogP contribution >= 0.6 is 0 Å². The summed E-state index contributed by atoms with van der Waals surface area (Å²) in [5.74, 6) is -0.419. The number of rotatable bonds is 12. The van der Waals surface area contributed by atoms with Gasteiger partial charge in [-0.05, 0) is 36.1 Å². The zero-order chi connectivity index (χ0) is 30.9. The molecule has 2 amide bonds. The van der Waals surface area contributed by atoms with Crippen LogP contribution in [0.5, 0.6) is 0 Å². The standard InChI is InChI=1S/C34H47N3O7/c1-24-30(22-37-17-14-34(15-18-37)41-19-20-42-34)43-33(44-32(24)27-12-10-26(23-38)11-13-27)28-7-6-8-29(21-28)36-31(40)9-4-3-5-16-35-25(2)39/h6-8,10-13,21,24,30,32-33,38H,3-5,9,14-20,22-23H2,1-2H3,(H,35,39)(H,36,40)/t24-,30+,32+,33+/m0/s1. The Morgan fingerprint density at radius 1 is 0.977 bits per heavy atom. The predicted molar refractivity (Wildman–Crippen MR) is 166 cm³/mol. The van der Waals surface area contributed by atoms with E-state index in [4.69, 9.17) is 18.9 Å². The van der Waals surface area contributed by atoms with Crippen LogP contribution in [0.25, 0.3) is 0 Å². The van der Waals surface area contributed by atoms with Crippen molar-refractivity contribution in [2.75, 3.05) is 44.7 Å². The van der Waals surface area contributed by atoms with Crippen molar-refractivity contribution in [1.82, 2.24) is 10.2 Å². The number of piperidine rings is 1. The van der Waals surface area contributed by atoms with Gasteiger partial charge in [-0.25, -0.2) is 0 Å². The zero-order valence-electron chi connectivity index (χ0n) is 26.0. The fraction of sp³-hybridized carbons (Fsp3) is 0.588. The summed E-state index contributed by atoms with van der Waals surface area (Å²) < 4.78 is 25.2. The molecule has 3 saturated heterocycles. The van der Waals surface area contributed by atoms with Gasteiger partial charge < -0.3 is 39.6 Å². The highest BCUT2D eigenvalue weighted by atomic mass is 16.7. The Morgan fingerprint density at radius 3 is 2.43 bits per heavy atom. The number of unbranched alkanes of at least 4 members (excludes halogenated alkanes) is 2. The van der Waals surface area contributed by atoms with Crippen LogP contribution in [-0.2, 0) is 35.1 Å². The number of aliphatic hydroxyl groups excluding tert-OH is 1. The van der Waals surface area contributed by atoms with E-state index in [0.29, 0.717) is 31.9 Å². The Balaban J connectivity index is 1.24. The highest BCUT2D eigenvalue weighted by Crippen LogP contribution is 2.42. The van der Waals surface area contributed by atoms with Crippen LogP contribution in [-0.4, -0.2) is 73.1 Å². The van der Waals surface area contributed by atoms with Crippen LogP contribution in [0.2, 0.25) is 0 Å². The molecule has 2 aromatic rings. The molecule has 0 radical (unpaired) electrons. The molecule has 0 bridgehead atoms. The number of aliphatic hydroxyl groups is 1. The van der Waals surface area contributed by atoms with E-state index in [1.807, 2.05) is 48.5 Å². The molecule has 10 nitrogen and oxygen atoms in total. The molecule has 0 unspecified atom stereocenters. The van der Waals surface area contributed by atoms with Gasteiger partial charge in [0.2, 0.25) is 11.8 Å². The quantitative estimate of drug-likeness (QED) is 0.302. The normalized spacial score (nSPS) is 25.2. The number of nitrogens with one attached hydrogen (secondary N) is 2. The van der Waals surface area contributed by atoms with Gasteiger partial charge in [0.15, 0.2) is 12.1 Å². The molecule has 44 heavy (non-hydrogen) atoms. The number of carbonyl (C=O) groups is 2. The second-order valence-electron chi connectivity index (χ2n) is 12.2. The Bertz CT molecular complexity index is 1220. The number of hydrogen-bond acceptors (Lipinski definition) is 8. The topological polar surface area (TPSA) is 119 Å². The summed E-state index contributed by atoms with van der Waals surface area (Å²) in [6.45, 7) is 8.16. The van der Waals surface area contributed by atoms with Crippen LogP contribution in [0.4, 0.5) is 5.69 Å². The minimum absolute atomic E-state index is 0.00478. The third-order valence-electron chi connectivity index (χ3n) is 8.89. The first-order valence-electron chi connectivity index (χ1n) is 16.0. The molecule has 0 aliphatic carbocycles. The average molecular weight is 610 g/mol. The predicted octanol–water partition coefficient (Wildman–Crippen LogP) is 4.44. The van der Waals surface area contributed by atoms with E-state index in [9.17, 15) is 14.7 Å². The lowest BCUT2D eigenvalue weighted by atomic mass is 9.89. The molecular weight excluding hydrogens is 562 g/mol. The van der Waals surface area contributed by atoms with E-state index in [1.54, 1.807) is 0 Å². The highest BCUT2D eigenvalue weighted by Gasteiger charge is 2.43. The van der Waals surface area contributed by atoms with Gasteiger partial charge in [-0.1, -0.05) is 49.7 Å². The summed E-state index contributed by atoms with van der Waals surface area (Å²) in [4.78, 5) is 26.1. The van der Waals surface area contributed by atoms with E-state index in [0.717, 1.165) is 68.4 Å². The minimum Gasteiger partial charge on any atom is -0.392 e. The Labute approximate surface area is 260 Å². The van der Waals surface area contributed by atoms with Gasteiger partial charge in [0.25, 0.3) is 0 Å². The summed E-state index contributed by atoms with van der Waals surface area (Å²) >= 11 is 0. The molecule has 3 fully saturated rings. The summed E-state index contributed by atoms with van der Waals surface area (Å²) in [5.41, 5.74) is 3.45. The van der Waals surface area contributed by atoms with Crippen LogP contribution in [0.1, 0.15) is 81.5 Å². The third-order valence-corrected chi connectivity index (χ3v) is 8.89.